The molecule has 1 aromatic rings. The van der Waals surface area contributed by atoms with Crippen LogP contribution in [-0.2, 0) is 9.53 Å². The molecule has 20 heavy (non-hydrogen) atoms. The van der Waals surface area contributed by atoms with Crippen LogP contribution in [0.1, 0.15) is 23.2 Å². The Labute approximate surface area is 122 Å². The molecule has 0 atom stereocenters. The molecule has 0 bridgehead atoms. The second-order valence-corrected chi connectivity index (χ2v) is 4.97. The Bertz CT molecular complexity index is 519. The number of amides is 2. The summed E-state index contributed by atoms with van der Waals surface area (Å²) in [5.41, 5.74) is 1.09. The fourth-order valence-electron chi connectivity index (χ4n) is 2.13. The molecule has 1 saturated heterocycles. The van der Waals surface area contributed by atoms with E-state index in [1.165, 1.54) is 0 Å². The highest BCUT2D eigenvalue weighted by atomic mass is 35.5. The van der Waals surface area contributed by atoms with Crippen molar-refractivity contribution in [2.45, 2.75) is 12.8 Å². The first kappa shape index (κ1) is 14.8. The van der Waals surface area contributed by atoms with Gasteiger partial charge in [-0.15, -0.1) is 0 Å². The molecule has 2 amide bonds. The van der Waals surface area contributed by atoms with Gasteiger partial charge >= 0.3 is 0 Å². The van der Waals surface area contributed by atoms with E-state index in [9.17, 15) is 9.59 Å². The van der Waals surface area contributed by atoms with Crippen LogP contribution in [0.2, 0.25) is 5.02 Å². The Balaban J connectivity index is 2.15. The average Bonchev–Trinajstić information content (AvgIpc) is 2.85. The molecule has 6 heteroatoms. The standard InChI is InChI=1S/C14H17ClN2O3/c1-20-8-6-16-14(19)10-4-5-11(15)12(9-10)17-7-2-3-13(17)18/h4-5,9H,2-3,6-8H2,1H3,(H,16,19). The number of benzene rings is 1. The van der Waals surface area contributed by atoms with Crippen molar-refractivity contribution in [2.75, 3.05) is 31.7 Å². The number of carbonyl (C=O) groups excluding carboxylic acids is 2. The van der Waals surface area contributed by atoms with Crippen molar-refractivity contribution >= 4 is 29.1 Å². The van der Waals surface area contributed by atoms with E-state index in [4.69, 9.17) is 16.3 Å². The van der Waals surface area contributed by atoms with Gasteiger partial charge in [-0.2, -0.15) is 0 Å². The molecule has 2 rings (SSSR count). The van der Waals surface area contributed by atoms with Crippen LogP contribution in [0.25, 0.3) is 0 Å². The molecule has 0 unspecified atom stereocenters. The molecule has 1 aliphatic heterocycles. The van der Waals surface area contributed by atoms with Crippen LogP contribution >= 0.6 is 11.6 Å². The summed E-state index contributed by atoms with van der Waals surface area (Å²) in [4.78, 5) is 25.4. The van der Waals surface area contributed by atoms with E-state index in [0.717, 1.165) is 6.42 Å². The van der Waals surface area contributed by atoms with Crippen molar-refractivity contribution in [1.82, 2.24) is 5.32 Å². The van der Waals surface area contributed by atoms with Gasteiger partial charge in [0, 0.05) is 32.2 Å². The van der Waals surface area contributed by atoms with E-state index < -0.39 is 0 Å². The first-order chi connectivity index (χ1) is 9.63. The number of hydrogen-bond acceptors (Lipinski definition) is 3. The lowest BCUT2D eigenvalue weighted by atomic mass is 10.1. The van der Waals surface area contributed by atoms with Gasteiger partial charge in [0.1, 0.15) is 0 Å². The largest absolute Gasteiger partial charge is 0.383 e. The molecule has 1 aromatic carbocycles. The lowest BCUT2D eigenvalue weighted by Gasteiger charge is -2.18. The summed E-state index contributed by atoms with van der Waals surface area (Å²) in [6.45, 7) is 1.54. The van der Waals surface area contributed by atoms with E-state index >= 15 is 0 Å². The maximum Gasteiger partial charge on any atom is 0.251 e. The number of methoxy groups -OCH3 is 1. The Morgan fingerprint density at radius 2 is 2.30 bits per heavy atom. The van der Waals surface area contributed by atoms with Crippen molar-refractivity contribution in [3.05, 3.63) is 28.8 Å². The van der Waals surface area contributed by atoms with Crippen LogP contribution in [0, 0.1) is 0 Å². The normalized spacial score (nSPS) is 14.7. The number of anilines is 1. The van der Waals surface area contributed by atoms with Gasteiger partial charge in [0.05, 0.1) is 17.3 Å². The van der Waals surface area contributed by atoms with Crippen molar-refractivity contribution in [3.8, 4) is 0 Å². The van der Waals surface area contributed by atoms with Gasteiger partial charge in [-0.05, 0) is 24.6 Å². The molecule has 0 aliphatic carbocycles. The SMILES string of the molecule is COCCNC(=O)c1ccc(Cl)c(N2CCCC2=O)c1. The number of hydrogen-bond donors (Lipinski definition) is 1. The quantitative estimate of drug-likeness (QED) is 0.844. The Morgan fingerprint density at radius 3 is 2.95 bits per heavy atom. The maximum absolute atomic E-state index is 12.0. The van der Waals surface area contributed by atoms with Crippen LogP contribution in [0.3, 0.4) is 0 Å². The van der Waals surface area contributed by atoms with Crippen LogP contribution in [0.4, 0.5) is 5.69 Å². The molecule has 1 N–H and O–H groups in total. The number of rotatable bonds is 5. The Kier molecular flexibility index (Phi) is 4.98. The molecular weight excluding hydrogens is 280 g/mol. The molecule has 108 valence electrons. The topological polar surface area (TPSA) is 58.6 Å². The van der Waals surface area contributed by atoms with Crippen molar-refractivity contribution in [3.63, 3.8) is 0 Å². The molecule has 0 saturated carbocycles. The summed E-state index contributed by atoms with van der Waals surface area (Å²) in [5.74, 6) is -0.157. The second kappa shape index (κ2) is 6.72. The molecule has 0 aromatic heterocycles. The van der Waals surface area contributed by atoms with Gasteiger partial charge in [-0.25, -0.2) is 0 Å². The number of halogens is 1. The third kappa shape index (κ3) is 3.29. The van der Waals surface area contributed by atoms with Crippen LogP contribution in [0.15, 0.2) is 18.2 Å². The van der Waals surface area contributed by atoms with E-state index in [-0.39, 0.29) is 11.8 Å². The molecular formula is C14H17ClN2O3. The van der Waals surface area contributed by atoms with Gasteiger partial charge in [-0.1, -0.05) is 11.6 Å². The minimum atomic E-state index is -0.202. The second-order valence-electron chi connectivity index (χ2n) is 4.56. The minimum absolute atomic E-state index is 0.0452. The Morgan fingerprint density at radius 1 is 1.50 bits per heavy atom. The number of carbonyl (C=O) groups is 2. The number of ether oxygens (including phenoxy) is 1. The van der Waals surface area contributed by atoms with Crippen molar-refractivity contribution in [1.29, 1.82) is 0 Å². The lowest BCUT2D eigenvalue weighted by molar-refractivity contribution is -0.117. The molecule has 1 heterocycles. The summed E-state index contributed by atoms with van der Waals surface area (Å²) in [6, 6.07) is 4.95. The zero-order chi connectivity index (χ0) is 14.5. The number of nitrogens with one attached hydrogen (secondary N) is 1. The lowest BCUT2D eigenvalue weighted by Crippen LogP contribution is -2.28. The summed E-state index contributed by atoms with van der Waals surface area (Å²) < 4.78 is 4.88. The van der Waals surface area contributed by atoms with E-state index in [0.29, 0.717) is 42.4 Å². The van der Waals surface area contributed by atoms with Gasteiger partial charge in [-0.3, -0.25) is 9.59 Å². The Hall–Kier alpha value is -1.59. The summed E-state index contributed by atoms with van der Waals surface area (Å²) >= 11 is 6.13. The summed E-state index contributed by atoms with van der Waals surface area (Å²) in [7, 11) is 1.57. The highest BCUT2D eigenvalue weighted by Gasteiger charge is 2.24. The van der Waals surface area contributed by atoms with E-state index in [2.05, 4.69) is 5.32 Å². The molecule has 1 fully saturated rings. The fraction of sp³-hybridized carbons (Fsp3) is 0.429. The minimum Gasteiger partial charge on any atom is -0.383 e. The van der Waals surface area contributed by atoms with Crippen LogP contribution in [0.5, 0.6) is 0 Å². The van der Waals surface area contributed by atoms with Crippen molar-refractivity contribution in [2.24, 2.45) is 0 Å². The number of nitrogens with zero attached hydrogens (tertiary/aromatic N) is 1. The smallest absolute Gasteiger partial charge is 0.251 e. The zero-order valence-electron chi connectivity index (χ0n) is 11.3. The predicted octanol–water partition coefficient (Wildman–Crippen LogP) is 1.84. The van der Waals surface area contributed by atoms with Gasteiger partial charge < -0.3 is 15.0 Å². The van der Waals surface area contributed by atoms with Crippen molar-refractivity contribution < 1.29 is 14.3 Å². The van der Waals surface area contributed by atoms with Crippen LogP contribution in [-0.4, -0.2) is 38.6 Å². The zero-order valence-corrected chi connectivity index (χ0v) is 12.1. The highest BCUT2D eigenvalue weighted by Crippen LogP contribution is 2.30. The first-order valence-electron chi connectivity index (χ1n) is 6.50. The van der Waals surface area contributed by atoms with E-state index in [1.807, 2.05) is 0 Å². The van der Waals surface area contributed by atoms with E-state index in [1.54, 1.807) is 30.2 Å². The molecule has 1 aliphatic rings. The fourth-order valence-corrected chi connectivity index (χ4v) is 2.35. The third-order valence-corrected chi connectivity index (χ3v) is 3.48. The maximum atomic E-state index is 12.0. The molecule has 0 spiro atoms. The highest BCUT2D eigenvalue weighted by molar-refractivity contribution is 6.34. The molecule has 0 radical (unpaired) electrons. The third-order valence-electron chi connectivity index (χ3n) is 3.16. The predicted molar refractivity (Wildman–Crippen MR) is 77.2 cm³/mol. The average molecular weight is 297 g/mol. The van der Waals surface area contributed by atoms with Gasteiger partial charge in [0.2, 0.25) is 5.91 Å². The van der Waals surface area contributed by atoms with Gasteiger partial charge in [0.15, 0.2) is 0 Å². The van der Waals surface area contributed by atoms with Crippen LogP contribution < -0.4 is 10.2 Å². The van der Waals surface area contributed by atoms with Gasteiger partial charge in [0.25, 0.3) is 5.91 Å². The summed E-state index contributed by atoms with van der Waals surface area (Å²) in [6.07, 6.45) is 1.35. The first-order valence-corrected chi connectivity index (χ1v) is 6.88. The summed E-state index contributed by atoms with van der Waals surface area (Å²) in [5, 5.41) is 3.22. The monoisotopic (exact) mass is 296 g/mol. The molecule has 5 nitrogen and oxygen atoms in total.